The van der Waals surface area contributed by atoms with Crippen LogP contribution in [0.2, 0.25) is 0 Å². The Bertz CT molecular complexity index is 748. The Labute approximate surface area is 125 Å². The average molecular weight is 277 g/mol. The summed E-state index contributed by atoms with van der Waals surface area (Å²) in [4.78, 5) is 4.34. The van der Waals surface area contributed by atoms with Gasteiger partial charge in [0.1, 0.15) is 0 Å². The number of aryl methyl sites for hydroxylation is 1. The van der Waals surface area contributed by atoms with E-state index in [1.807, 2.05) is 24.7 Å². The van der Waals surface area contributed by atoms with Crippen LogP contribution >= 0.6 is 0 Å². The molecule has 3 rings (SSSR count). The van der Waals surface area contributed by atoms with Crippen LogP contribution < -0.4 is 0 Å². The van der Waals surface area contributed by atoms with Crippen molar-refractivity contribution in [3.8, 4) is 6.07 Å². The highest BCUT2D eigenvalue weighted by Crippen LogP contribution is 2.46. The molecule has 1 aromatic heterocycles. The first kappa shape index (κ1) is 13.6. The standard InChI is InChI=1S/C18H19N3/c1-4-5-15-11-20-12-21(15)18(3)9-13(2)16-8-14(10-19)6-7-17(16)18/h6-8,11-12H,2,4-5,9H2,1,3H3. The molecule has 1 atom stereocenters. The van der Waals surface area contributed by atoms with E-state index in [1.54, 1.807) is 0 Å². The molecule has 0 saturated heterocycles. The van der Waals surface area contributed by atoms with E-state index in [4.69, 9.17) is 5.26 Å². The van der Waals surface area contributed by atoms with Gasteiger partial charge in [-0.2, -0.15) is 5.26 Å². The van der Waals surface area contributed by atoms with Crippen molar-refractivity contribution in [2.45, 2.75) is 38.6 Å². The lowest BCUT2D eigenvalue weighted by Gasteiger charge is -2.29. The third kappa shape index (κ3) is 1.99. The van der Waals surface area contributed by atoms with Crippen LogP contribution in [0.5, 0.6) is 0 Å². The molecule has 0 saturated carbocycles. The molecule has 0 aliphatic heterocycles. The van der Waals surface area contributed by atoms with E-state index in [0.29, 0.717) is 5.56 Å². The fraction of sp³-hybridized carbons (Fsp3) is 0.333. The Morgan fingerprint density at radius 3 is 3.00 bits per heavy atom. The lowest BCUT2D eigenvalue weighted by molar-refractivity contribution is 0.403. The smallest absolute Gasteiger partial charge is 0.0991 e. The zero-order chi connectivity index (χ0) is 15.0. The van der Waals surface area contributed by atoms with Gasteiger partial charge in [0.2, 0.25) is 0 Å². The number of hydrogen-bond acceptors (Lipinski definition) is 2. The summed E-state index contributed by atoms with van der Waals surface area (Å²) in [7, 11) is 0. The SMILES string of the molecule is C=C1CC(C)(n2cncc2CCC)c2ccc(C#N)cc21. The molecular formula is C18H19N3. The molecule has 106 valence electrons. The number of benzene rings is 1. The lowest BCUT2D eigenvalue weighted by Crippen LogP contribution is -2.29. The predicted octanol–water partition coefficient (Wildman–Crippen LogP) is 3.89. The summed E-state index contributed by atoms with van der Waals surface area (Å²) in [6.07, 6.45) is 6.87. The minimum atomic E-state index is -0.151. The predicted molar refractivity (Wildman–Crippen MR) is 83.8 cm³/mol. The van der Waals surface area contributed by atoms with Crippen LogP contribution in [0, 0.1) is 11.3 Å². The van der Waals surface area contributed by atoms with Gasteiger partial charge in [0.05, 0.1) is 23.5 Å². The Balaban J connectivity index is 2.15. The van der Waals surface area contributed by atoms with E-state index in [9.17, 15) is 0 Å². The minimum Gasteiger partial charge on any atom is -0.324 e. The van der Waals surface area contributed by atoms with Crippen LogP contribution in [-0.4, -0.2) is 9.55 Å². The van der Waals surface area contributed by atoms with Crippen molar-refractivity contribution in [2.24, 2.45) is 0 Å². The topological polar surface area (TPSA) is 41.6 Å². The molecule has 0 N–H and O–H groups in total. The van der Waals surface area contributed by atoms with Gasteiger partial charge in [0.15, 0.2) is 0 Å². The summed E-state index contributed by atoms with van der Waals surface area (Å²) in [5, 5.41) is 9.09. The molecule has 3 heteroatoms. The van der Waals surface area contributed by atoms with Gasteiger partial charge in [-0.3, -0.25) is 0 Å². The van der Waals surface area contributed by atoms with Crippen molar-refractivity contribution in [1.82, 2.24) is 9.55 Å². The molecule has 2 aromatic rings. The number of allylic oxidation sites excluding steroid dienone is 1. The van der Waals surface area contributed by atoms with Crippen molar-refractivity contribution in [3.05, 3.63) is 59.7 Å². The monoisotopic (exact) mass is 277 g/mol. The molecule has 1 aliphatic rings. The van der Waals surface area contributed by atoms with Crippen LogP contribution in [0.3, 0.4) is 0 Å². The first-order chi connectivity index (χ1) is 10.1. The summed E-state index contributed by atoms with van der Waals surface area (Å²) < 4.78 is 2.28. The molecular weight excluding hydrogens is 258 g/mol. The highest BCUT2D eigenvalue weighted by atomic mass is 15.1. The fourth-order valence-corrected chi connectivity index (χ4v) is 3.40. The molecule has 0 radical (unpaired) electrons. The molecule has 1 unspecified atom stereocenters. The molecule has 0 amide bonds. The van der Waals surface area contributed by atoms with Crippen LogP contribution in [0.15, 0.2) is 37.3 Å². The maximum atomic E-state index is 9.09. The zero-order valence-electron chi connectivity index (χ0n) is 12.6. The van der Waals surface area contributed by atoms with Crippen LogP contribution in [0.25, 0.3) is 5.57 Å². The molecule has 0 fully saturated rings. The van der Waals surface area contributed by atoms with Gasteiger partial charge in [-0.1, -0.05) is 26.0 Å². The molecule has 21 heavy (non-hydrogen) atoms. The first-order valence-electron chi connectivity index (χ1n) is 7.34. The third-order valence-electron chi connectivity index (χ3n) is 4.42. The van der Waals surface area contributed by atoms with E-state index < -0.39 is 0 Å². The maximum Gasteiger partial charge on any atom is 0.0991 e. The van der Waals surface area contributed by atoms with Crippen molar-refractivity contribution >= 4 is 5.57 Å². The van der Waals surface area contributed by atoms with E-state index in [2.05, 4.69) is 42.1 Å². The number of hydrogen-bond donors (Lipinski definition) is 0. The summed E-state index contributed by atoms with van der Waals surface area (Å²) in [6, 6.07) is 8.13. The second kappa shape index (κ2) is 4.89. The lowest BCUT2D eigenvalue weighted by atomic mass is 9.92. The second-order valence-electron chi connectivity index (χ2n) is 5.93. The van der Waals surface area contributed by atoms with Crippen molar-refractivity contribution < 1.29 is 0 Å². The Morgan fingerprint density at radius 2 is 2.29 bits per heavy atom. The van der Waals surface area contributed by atoms with E-state index >= 15 is 0 Å². The highest BCUT2D eigenvalue weighted by Gasteiger charge is 2.39. The minimum absolute atomic E-state index is 0.151. The molecule has 0 bridgehead atoms. The van der Waals surface area contributed by atoms with Gasteiger partial charge in [-0.15, -0.1) is 0 Å². The van der Waals surface area contributed by atoms with E-state index in [1.165, 1.54) is 11.3 Å². The van der Waals surface area contributed by atoms with Gasteiger partial charge in [0.25, 0.3) is 0 Å². The average Bonchev–Trinajstić information content (AvgIpc) is 3.04. The second-order valence-corrected chi connectivity index (χ2v) is 5.93. The Hall–Kier alpha value is -2.34. The largest absolute Gasteiger partial charge is 0.324 e. The Morgan fingerprint density at radius 1 is 1.48 bits per heavy atom. The number of nitrogens with zero attached hydrogens (tertiary/aromatic N) is 3. The van der Waals surface area contributed by atoms with E-state index in [0.717, 1.165) is 30.4 Å². The van der Waals surface area contributed by atoms with E-state index in [-0.39, 0.29) is 5.54 Å². The number of rotatable bonds is 3. The molecule has 3 nitrogen and oxygen atoms in total. The summed E-state index contributed by atoms with van der Waals surface area (Å²) in [5.41, 5.74) is 5.25. The molecule has 1 aliphatic carbocycles. The number of fused-ring (bicyclic) bond motifs is 1. The number of imidazole rings is 1. The van der Waals surface area contributed by atoms with Gasteiger partial charge >= 0.3 is 0 Å². The molecule has 1 aromatic carbocycles. The first-order valence-corrected chi connectivity index (χ1v) is 7.34. The van der Waals surface area contributed by atoms with Crippen molar-refractivity contribution in [2.75, 3.05) is 0 Å². The normalized spacial score (nSPS) is 20.3. The van der Waals surface area contributed by atoms with Gasteiger partial charge in [0, 0.05) is 11.9 Å². The number of nitriles is 1. The zero-order valence-corrected chi connectivity index (χ0v) is 12.6. The van der Waals surface area contributed by atoms with Gasteiger partial charge < -0.3 is 4.57 Å². The summed E-state index contributed by atoms with van der Waals surface area (Å²) >= 11 is 0. The van der Waals surface area contributed by atoms with Crippen molar-refractivity contribution in [1.29, 1.82) is 5.26 Å². The Kier molecular flexibility index (Phi) is 3.17. The van der Waals surface area contributed by atoms with Crippen LogP contribution in [0.1, 0.15) is 49.1 Å². The fourth-order valence-electron chi connectivity index (χ4n) is 3.40. The third-order valence-corrected chi connectivity index (χ3v) is 4.42. The summed E-state index contributed by atoms with van der Waals surface area (Å²) in [6.45, 7) is 8.62. The van der Waals surface area contributed by atoms with Gasteiger partial charge in [-0.25, -0.2) is 4.98 Å². The van der Waals surface area contributed by atoms with Crippen molar-refractivity contribution in [3.63, 3.8) is 0 Å². The molecule has 1 heterocycles. The van der Waals surface area contributed by atoms with Crippen LogP contribution in [-0.2, 0) is 12.0 Å². The van der Waals surface area contributed by atoms with Gasteiger partial charge in [-0.05, 0) is 48.6 Å². The maximum absolute atomic E-state index is 9.09. The molecule has 0 spiro atoms. The summed E-state index contributed by atoms with van der Waals surface area (Å²) in [5.74, 6) is 0. The highest BCUT2D eigenvalue weighted by molar-refractivity contribution is 5.75. The number of aromatic nitrogens is 2. The quantitative estimate of drug-likeness (QED) is 0.854. The van der Waals surface area contributed by atoms with Crippen LogP contribution in [0.4, 0.5) is 0 Å².